The maximum Gasteiger partial charge on any atom is 0.261 e. The number of benzene rings is 5. The number of rotatable bonds is 14. The largest absolute Gasteiger partial charge is 0.378 e. The molecule has 5 aromatic rings. The highest BCUT2D eigenvalue weighted by molar-refractivity contribution is 6.44. The minimum atomic E-state index is -0.368. The Morgan fingerprint density at radius 2 is 1.00 bits per heavy atom. The molecule has 12 nitrogen and oxygen atoms in total. The zero-order valence-electron chi connectivity index (χ0n) is 37.4. The number of carbonyl (C=O) groups is 4. The molecule has 1 N–H and O–H groups in total. The summed E-state index contributed by atoms with van der Waals surface area (Å²) >= 11 is 0. The molecule has 4 fully saturated rings. The summed E-state index contributed by atoms with van der Waals surface area (Å²) in [5.74, 6) is -1.32. The second kappa shape index (κ2) is 17.6. The van der Waals surface area contributed by atoms with E-state index < -0.39 is 0 Å². The van der Waals surface area contributed by atoms with Crippen LogP contribution < -0.4 is 14.7 Å². The van der Waals surface area contributed by atoms with E-state index in [1.165, 1.54) is 43.4 Å². The molecule has 6 aliphatic rings. The highest BCUT2D eigenvalue weighted by atomic mass is 16.5. The monoisotopic (exact) mass is 867 g/mol. The molecule has 0 aliphatic carbocycles. The Labute approximate surface area is 375 Å². The van der Waals surface area contributed by atoms with Crippen molar-refractivity contribution in [1.82, 2.24) is 24.5 Å². The fraction of sp³-hybridized carbons (Fsp3) is 0.538. The number of hydrogen-bond acceptors (Lipinski definition) is 9. The van der Waals surface area contributed by atoms with Crippen molar-refractivity contribution >= 4 is 78.1 Å². The van der Waals surface area contributed by atoms with E-state index in [0.717, 1.165) is 154 Å². The van der Waals surface area contributed by atoms with Crippen LogP contribution in [0, 0.1) is 0 Å². The molecule has 5 aromatic carbocycles. The number of ether oxygens (including phenoxy) is 2. The lowest BCUT2D eigenvalue weighted by molar-refractivity contribution is 0.0488. The maximum absolute atomic E-state index is 14.6. The Morgan fingerprint density at radius 3 is 1.62 bits per heavy atom. The first kappa shape index (κ1) is 41.9. The van der Waals surface area contributed by atoms with E-state index in [1.54, 1.807) is 0 Å². The normalized spacial score (nSPS) is 21.0. The van der Waals surface area contributed by atoms with Gasteiger partial charge in [0.25, 0.3) is 23.6 Å². The van der Waals surface area contributed by atoms with Gasteiger partial charge in [0.1, 0.15) is 12.2 Å². The molecule has 11 rings (SSSR count). The van der Waals surface area contributed by atoms with Gasteiger partial charge >= 0.3 is 0 Å². The van der Waals surface area contributed by atoms with Gasteiger partial charge in [-0.05, 0) is 125 Å². The number of carbonyl (C=O) groups excluding carboxylic acids is 4. The Morgan fingerprint density at radius 1 is 0.484 bits per heavy atom. The van der Waals surface area contributed by atoms with Crippen LogP contribution in [0.2, 0.25) is 0 Å². The molecule has 0 atom stereocenters. The van der Waals surface area contributed by atoms with E-state index in [2.05, 4.69) is 38.2 Å². The summed E-state index contributed by atoms with van der Waals surface area (Å²) in [6.07, 6.45) is 14.0. The number of quaternary nitrogens is 1. The van der Waals surface area contributed by atoms with E-state index in [-0.39, 0.29) is 36.8 Å². The van der Waals surface area contributed by atoms with Crippen LogP contribution in [-0.4, -0.2) is 143 Å². The number of likely N-dealkylation sites (tertiary alicyclic amines) is 3. The number of imide groups is 2. The molecule has 12 heteroatoms. The fourth-order valence-corrected chi connectivity index (χ4v) is 12.4. The van der Waals surface area contributed by atoms with Gasteiger partial charge in [-0.25, -0.2) is 0 Å². The second-order valence-electron chi connectivity index (χ2n) is 19.5. The Bertz CT molecular complexity index is 2610. The molecular weight excluding hydrogens is 805 g/mol. The van der Waals surface area contributed by atoms with Crippen molar-refractivity contribution in [3.63, 3.8) is 0 Å². The van der Waals surface area contributed by atoms with E-state index >= 15 is 0 Å². The van der Waals surface area contributed by atoms with Crippen molar-refractivity contribution in [1.29, 1.82) is 0 Å². The number of fused-ring (bicyclic) bond motifs is 2. The predicted octanol–water partition coefficient (Wildman–Crippen LogP) is 7.70. The highest BCUT2D eigenvalue weighted by Crippen LogP contribution is 2.53. The van der Waals surface area contributed by atoms with Gasteiger partial charge < -0.3 is 24.2 Å². The number of anilines is 1. The average Bonchev–Trinajstić information content (AvgIpc) is 3.33. The highest BCUT2D eigenvalue weighted by Gasteiger charge is 2.41. The molecule has 0 aromatic heterocycles. The summed E-state index contributed by atoms with van der Waals surface area (Å²) in [5, 5.41) is 9.89. The van der Waals surface area contributed by atoms with Crippen LogP contribution in [0.4, 0.5) is 11.4 Å². The van der Waals surface area contributed by atoms with Gasteiger partial charge in [0, 0.05) is 70.6 Å². The first-order chi connectivity index (χ1) is 31.4. The molecule has 4 saturated heterocycles. The number of hydrogen-bond donors (Lipinski definition) is 1. The van der Waals surface area contributed by atoms with Crippen LogP contribution in [0.3, 0.4) is 0 Å². The van der Waals surface area contributed by atoms with Gasteiger partial charge in [0.15, 0.2) is 0 Å². The summed E-state index contributed by atoms with van der Waals surface area (Å²) in [6, 6.07) is 12.1. The topological polar surface area (TPSA) is 112 Å². The van der Waals surface area contributed by atoms with Crippen LogP contribution in [0.5, 0.6) is 0 Å². The molecule has 0 saturated carbocycles. The lowest BCUT2D eigenvalue weighted by Gasteiger charge is -2.43. The molecule has 0 radical (unpaired) electrons. The third kappa shape index (κ3) is 7.24. The average molecular weight is 868 g/mol. The Balaban J connectivity index is 1.06. The van der Waals surface area contributed by atoms with Crippen LogP contribution in [0.15, 0.2) is 36.4 Å². The molecular formula is C52H63N6O6+. The molecule has 6 aliphatic heterocycles. The summed E-state index contributed by atoms with van der Waals surface area (Å²) in [4.78, 5) is 66.1. The minimum absolute atomic E-state index is 0.190. The lowest BCUT2D eigenvalue weighted by Crippen LogP contribution is -2.55. The van der Waals surface area contributed by atoms with Crippen molar-refractivity contribution in [3.05, 3.63) is 58.7 Å². The van der Waals surface area contributed by atoms with Gasteiger partial charge in [0.05, 0.1) is 62.6 Å². The van der Waals surface area contributed by atoms with Crippen LogP contribution in [0.25, 0.3) is 43.1 Å². The first-order valence-corrected chi connectivity index (χ1v) is 24.6. The van der Waals surface area contributed by atoms with Gasteiger partial charge in [-0.2, -0.15) is 0 Å². The van der Waals surface area contributed by atoms with Crippen molar-refractivity contribution in [2.75, 3.05) is 110 Å². The zero-order valence-corrected chi connectivity index (χ0v) is 37.4. The number of amides is 4. The number of nitrogens with zero attached hydrogens (tertiary/aromatic N) is 5. The summed E-state index contributed by atoms with van der Waals surface area (Å²) in [6.45, 7) is 12.9. The molecule has 336 valence electrons. The minimum Gasteiger partial charge on any atom is -0.378 e. The number of piperidine rings is 4. The molecule has 0 bridgehead atoms. The van der Waals surface area contributed by atoms with Gasteiger partial charge in [0.2, 0.25) is 0 Å². The third-order valence-corrected chi connectivity index (χ3v) is 15.7. The standard InChI is InChI=1S/C52H62N6O6/c59-49-39-33-41(56-21-9-3-10-22-56)46-35-13-15-37-44-38(52(62)57(51(37)61)25-31-63-29-23-54-17-5-1-6-18-54)16-14-36(43(35)44)47-42(34-40(50(60)53-49)45(39)48(46)47)58(26-11-4-12-27-58)28-32-64-30-24-55-19-7-2-8-20-55/h13-16,33-34H,1-12,17-32H2/p+1. The Hall–Kier alpha value is -4.72. The quantitative estimate of drug-likeness (QED) is 0.0395. The van der Waals surface area contributed by atoms with Gasteiger partial charge in [-0.15, -0.1) is 0 Å². The summed E-state index contributed by atoms with van der Waals surface area (Å²) in [5.41, 5.74) is 4.16. The summed E-state index contributed by atoms with van der Waals surface area (Å²) in [7, 11) is 0. The maximum atomic E-state index is 14.6. The smallest absolute Gasteiger partial charge is 0.261 e. The first-order valence-electron chi connectivity index (χ1n) is 24.6. The van der Waals surface area contributed by atoms with Gasteiger partial charge in [-0.1, -0.05) is 25.0 Å². The number of nitrogens with one attached hydrogen (secondary N) is 1. The SMILES string of the molecule is O=C1NC(=O)c2cc([N+]3(CCOCCN4CCCCC4)CCCCC3)c3c4ccc5c6c(ccc(c7c(N8CCCCC8)cc1c2c73)c64)C(=O)N(CCOCCN1CCCCC1)C5=O. The molecule has 4 amide bonds. The van der Waals surface area contributed by atoms with Crippen LogP contribution in [0.1, 0.15) is 118 Å². The van der Waals surface area contributed by atoms with E-state index in [1.807, 2.05) is 18.2 Å². The molecule has 64 heavy (non-hydrogen) atoms. The Kier molecular flexibility index (Phi) is 11.5. The second-order valence-corrected chi connectivity index (χ2v) is 19.5. The van der Waals surface area contributed by atoms with Crippen LogP contribution in [-0.2, 0) is 9.47 Å². The van der Waals surface area contributed by atoms with E-state index in [4.69, 9.17) is 9.47 Å². The molecule has 6 heterocycles. The van der Waals surface area contributed by atoms with Crippen molar-refractivity contribution in [3.8, 4) is 0 Å². The van der Waals surface area contributed by atoms with E-state index in [0.29, 0.717) is 57.3 Å². The fourth-order valence-electron chi connectivity index (χ4n) is 12.4. The summed E-state index contributed by atoms with van der Waals surface area (Å²) < 4.78 is 13.2. The van der Waals surface area contributed by atoms with Crippen molar-refractivity contribution in [2.45, 2.75) is 77.0 Å². The van der Waals surface area contributed by atoms with Crippen LogP contribution >= 0.6 is 0 Å². The molecule has 0 spiro atoms. The van der Waals surface area contributed by atoms with Gasteiger partial charge in [-0.3, -0.25) is 33.9 Å². The predicted molar refractivity (Wildman–Crippen MR) is 253 cm³/mol. The van der Waals surface area contributed by atoms with Crippen molar-refractivity contribution in [2.24, 2.45) is 0 Å². The van der Waals surface area contributed by atoms with E-state index in [9.17, 15) is 19.2 Å². The molecule has 0 unspecified atom stereocenters. The lowest BCUT2D eigenvalue weighted by atomic mass is 9.80. The third-order valence-electron chi connectivity index (χ3n) is 15.7. The van der Waals surface area contributed by atoms with Crippen molar-refractivity contribution < 1.29 is 28.7 Å². The zero-order chi connectivity index (χ0) is 43.4.